The number of fused-ring (bicyclic) bond motifs is 1. The van der Waals surface area contributed by atoms with E-state index >= 15 is 0 Å². The summed E-state index contributed by atoms with van der Waals surface area (Å²) in [7, 11) is 0. The van der Waals surface area contributed by atoms with Crippen molar-refractivity contribution in [2.24, 2.45) is 5.73 Å². The van der Waals surface area contributed by atoms with Crippen molar-refractivity contribution < 1.29 is 0 Å². The van der Waals surface area contributed by atoms with Crippen LogP contribution in [0.15, 0.2) is 30.3 Å². The molecule has 1 aromatic carbocycles. The first-order chi connectivity index (χ1) is 5.36. The smallest absolute Gasteiger partial charge is 0.0268 e. The highest BCUT2D eigenvalue weighted by Crippen LogP contribution is 2.17. The van der Waals surface area contributed by atoms with E-state index in [-0.39, 0.29) is 18.4 Å². The Hall–Kier alpha value is -0.790. The summed E-state index contributed by atoms with van der Waals surface area (Å²) in [5.41, 5.74) is 8.44. The van der Waals surface area contributed by atoms with E-state index in [0.717, 1.165) is 6.42 Å². The molecule has 0 amide bonds. The average molecular weight is 182 g/mol. The van der Waals surface area contributed by atoms with Gasteiger partial charge in [-0.3, -0.25) is 0 Å². The van der Waals surface area contributed by atoms with Crippen LogP contribution in [0.4, 0.5) is 0 Å². The van der Waals surface area contributed by atoms with Crippen LogP contribution in [0.3, 0.4) is 0 Å². The molecule has 2 heteroatoms. The maximum atomic E-state index is 5.76. The molecule has 1 atom stereocenters. The number of benzene rings is 1. The Kier molecular flexibility index (Phi) is 2.90. The fourth-order valence-electron chi connectivity index (χ4n) is 1.43. The Bertz CT molecular complexity index is 294. The molecular formula is C10H12ClN. The molecule has 0 fully saturated rings. The van der Waals surface area contributed by atoms with Gasteiger partial charge in [-0.05, 0) is 17.5 Å². The third-order valence-corrected chi connectivity index (χ3v) is 2.03. The monoisotopic (exact) mass is 181 g/mol. The molecule has 1 aromatic rings. The van der Waals surface area contributed by atoms with Gasteiger partial charge in [0.15, 0.2) is 0 Å². The Morgan fingerprint density at radius 2 is 2.00 bits per heavy atom. The van der Waals surface area contributed by atoms with Gasteiger partial charge in [0.05, 0.1) is 0 Å². The zero-order chi connectivity index (χ0) is 7.68. The topological polar surface area (TPSA) is 26.0 Å². The van der Waals surface area contributed by atoms with E-state index < -0.39 is 0 Å². The highest BCUT2D eigenvalue weighted by molar-refractivity contribution is 5.85. The molecule has 12 heavy (non-hydrogen) atoms. The van der Waals surface area contributed by atoms with E-state index in [1.165, 1.54) is 11.1 Å². The summed E-state index contributed by atoms with van der Waals surface area (Å²) >= 11 is 0. The highest BCUT2D eigenvalue weighted by Gasteiger charge is 2.07. The molecule has 1 nitrogen and oxygen atoms in total. The van der Waals surface area contributed by atoms with Gasteiger partial charge >= 0.3 is 0 Å². The largest absolute Gasteiger partial charge is 0.324 e. The third-order valence-electron chi connectivity index (χ3n) is 2.03. The van der Waals surface area contributed by atoms with Crippen molar-refractivity contribution in [3.8, 4) is 0 Å². The van der Waals surface area contributed by atoms with Gasteiger partial charge in [0.25, 0.3) is 0 Å². The predicted molar refractivity (Wildman–Crippen MR) is 54.4 cm³/mol. The second kappa shape index (κ2) is 3.74. The number of rotatable bonds is 0. The zero-order valence-electron chi connectivity index (χ0n) is 6.73. The van der Waals surface area contributed by atoms with Crippen LogP contribution in [0.2, 0.25) is 0 Å². The fourth-order valence-corrected chi connectivity index (χ4v) is 1.43. The van der Waals surface area contributed by atoms with Gasteiger partial charge in [0.1, 0.15) is 0 Å². The van der Waals surface area contributed by atoms with Gasteiger partial charge < -0.3 is 5.73 Å². The van der Waals surface area contributed by atoms with Gasteiger partial charge in [-0.15, -0.1) is 12.4 Å². The van der Waals surface area contributed by atoms with Gasteiger partial charge in [-0.25, -0.2) is 0 Å². The van der Waals surface area contributed by atoms with Crippen LogP contribution in [0.5, 0.6) is 0 Å². The van der Waals surface area contributed by atoms with Crippen LogP contribution in [0.1, 0.15) is 11.1 Å². The molecule has 0 unspecified atom stereocenters. The first-order valence-corrected chi connectivity index (χ1v) is 3.88. The molecule has 2 N–H and O–H groups in total. The maximum Gasteiger partial charge on any atom is 0.0268 e. The van der Waals surface area contributed by atoms with Crippen LogP contribution in [-0.2, 0) is 6.42 Å². The molecule has 1 aliphatic rings. The number of nitrogens with two attached hydrogens (primary N) is 1. The van der Waals surface area contributed by atoms with Crippen molar-refractivity contribution >= 4 is 18.5 Å². The summed E-state index contributed by atoms with van der Waals surface area (Å²) in [5.74, 6) is 0. The average Bonchev–Trinajstić information content (AvgIpc) is 2.04. The molecule has 0 bridgehead atoms. The van der Waals surface area contributed by atoms with E-state index in [1.807, 2.05) is 0 Å². The van der Waals surface area contributed by atoms with Gasteiger partial charge in [-0.1, -0.05) is 36.4 Å². The Morgan fingerprint density at radius 3 is 2.83 bits per heavy atom. The minimum absolute atomic E-state index is 0. The molecule has 0 saturated carbocycles. The van der Waals surface area contributed by atoms with Gasteiger partial charge in [-0.2, -0.15) is 0 Å². The first-order valence-electron chi connectivity index (χ1n) is 3.88. The summed E-state index contributed by atoms with van der Waals surface area (Å²) < 4.78 is 0. The van der Waals surface area contributed by atoms with E-state index in [1.54, 1.807) is 0 Å². The summed E-state index contributed by atoms with van der Waals surface area (Å²) in [6.45, 7) is 0. The quantitative estimate of drug-likeness (QED) is 0.651. The van der Waals surface area contributed by atoms with E-state index in [4.69, 9.17) is 5.73 Å². The van der Waals surface area contributed by atoms with E-state index in [9.17, 15) is 0 Å². The Labute approximate surface area is 78.7 Å². The summed E-state index contributed by atoms with van der Waals surface area (Å²) in [4.78, 5) is 0. The van der Waals surface area contributed by atoms with Crippen molar-refractivity contribution in [3.05, 3.63) is 41.5 Å². The zero-order valence-corrected chi connectivity index (χ0v) is 7.55. The van der Waals surface area contributed by atoms with Crippen molar-refractivity contribution in [2.75, 3.05) is 0 Å². The highest BCUT2D eigenvalue weighted by atomic mass is 35.5. The van der Waals surface area contributed by atoms with Crippen LogP contribution >= 0.6 is 12.4 Å². The van der Waals surface area contributed by atoms with E-state index in [0.29, 0.717) is 0 Å². The number of hydrogen-bond acceptors (Lipinski definition) is 1. The van der Waals surface area contributed by atoms with Crippen LogP contribution in [-0.4, -0.2) is 6.04 Å². The first kappa shape index (κ1) is 9.30. The standard InChI is InChI=1S/C10H11N.ClH/c11-10-6-5-8-3-1-2-4-9(8)7-10;/h1-6,10H,7,11H2;1H/t10-;/m0./s1. The van der Waals surface area contributed by atoms with Crippen molar-refractivity contribution in [2.45, 2.75) is 12.5 Å². The maximum absolute atomic E-state index is 5.76. The van der Waals surface area contributed by atoms with Crippen molar-refractivity contribution in [1.82, 2.24) is 0 Å². The van der Waals surface area contributed by atoms with E-state index in [2.05, 4.69) is 36.4 Å². The normalized spacial score (nSPS) is 19.6. The summed E-state index contributed by atoms with van der Waals surface area (Å²) in [6, 6.07) is 8.59. The third kappa shape index (κ3) is 1.68. The lowest BCUT2D eigenvalue weighted by atomic mass is 9.95. The molecule has 0 radical (unpaired) electrons. The Balaban J connectivity index is 0.000000720. The minimum atomic E-state index is 0. The minimum Gasteiger partial charge on any atom is -0.324 e. The molecule has 0 aliphatic heterocycles. The summed E-state index contributed by atoms with van der Waals surface area (Å²) in [6.07, 6.45) is 5.14. The lowest BCUT2D eigenvalue weighted by Crippen LogP contribution is -2.22. The molecule has 0 spiro atoms. The number of halogens is 1. The second-order valence-electron chi connectivity index (χ2n) is 2.93. The molecule has 64 valence electrons. The summed E-state index contributed by atoms with van der Waals surface area (Å²) in [5, 5.41) is 0. The molecular weight excluding hydrogens is 170 g/mol. The SMILES string of the molecule is Cl.N[C@H]1C=Cc2ccccc2C1. The van der Waals surface area contributed by atoms with Crippen molar-refractivity contribution in [1.29, 1.82) is 0 Å². The lowest BCUT2D eigenvalue weighted by Gasteiger charge is -2.14. The molecule has 0 heterocycles. The van der Waals surface area contributed by atoms with Gasteiger partial charge in [0.2, 0.25) is 0 Å². The fraction of sp³-hybridized carbons (Fsp3) is 0.200. The lowest BCUT2D eigenvalue weighted by molar-refractivity contribution is 0.802. The molecule has 1 aliphatic carbocycles. The Morgan fingerprint density at radius 1 is 1.25 bits per heavy atom. The molecule has 0 aromatic heterocycles. The molecule has 2 rings (SSSR count). The van der Waals surface area contributed by atoms with Crippen LogP contribution in [0, 0.1) is 0 Å². The van der Waals surface area contributed by atoms with Crippen molar-refractivity contribution in [3.63, 3.8) is 0 Å². The van der Waals surface area contributed by atoms with Crippen LogP contribution in [0.25, 0.3) is 6.08 Å². The molecule has 0 saturated heterocycles. The van der Waals surface area contributed by atoms with Crippen LogP contribution < -0.4 is 5.73 Å². The predicted octanol–water partition coefficient (Wildman–Crippen LogP) is 2.00. The second-order valence-corrected chi connectivity index (χ2v) is 2.93. The van der Waals surface area contributed by atoms with Gasteiger partial charge in [0, 0.05) is 6.04 Å². The number of hydrogen-bond donors (Lipinski definition) is 1.